The molecule has 108 valence electrons. The fraction of sp³-hybridized carbons (Fsp3) is 0.846. The summed E-state index contributed by atoms with van der Waals surface area (Å²) in [6, 6.07) is 0.838. The van der Waals surface area contributed by atoms with Crippen molar-refractivity contribution < 1.29 is 9.59 Å². The number of carbonyl (C=O) groups is 2. The Morgan fingerprint density at radius 2 is 2.16 bits per heavy atom. The van der Waals surface area contributed by atoms with Gasteiger partial charge in [-0.25, -0.2) is 0 Å². The van der Waals surface area contributed by atoms with Gasteiger partial charge in [-0.05, 0) is 32.2 Å². The minimum Gasteiger partial charge on any atom is -0.351 e. The van der Waals surface area contributed by atoms with Crippen LogP contribution in [0.1, 0.15) is 38.5 Å². The van der Waals surface area contributed by atoms with Crippen molar-refractivity contribution in [3.05, 3.63) is 0 Å². The third-order valence-corrected chi connectivity index (χ3v) is 4.11. The zero-order valence-corrected chi connectivity index (χ0v) is 11.9. The average Bonchev–Trinajstić information content (AvgIpc) is 2.92. The third-order valence-electron chi connectivity index (χ3n) is 4.11. The Hall–Kier alpha value is -0.810. The first-order valence-electron chi connectivity index (χ1n) is 7.04. The van der Waals surface area contributed by atoms with Crippen LogP contribution in [0.5, 0.6) is 0 Å². The molecule has 2 N–H and O–H groups in total. The normalized spacial score (nSPS) is 30.3. The summed E-state index contributed by atoms with van der Waals surface area (Å²) in [6.07, 6.45) is 5.56. The molecule has 2 heterocycles. The van der Waals surface area contributed by atoms with Crippen LogP contribution in [0.2, 0.25) is 0 Å². The van der Waals surface area contributed by atoms with Gasteiger partial charge in [0.05, 0.1) is 6.04 Å². The molecule has 2 unspecified atom stereocenters. The maximum absolute atomic E-state index is 11.9. The summed E-state index contributed by atoms with van der Waals surface area (Å²) < 4.78 is 0. The van der Waals surface area contributed by atoms with Gasteiger partial charge < -0.3 is 15.5 Å². The zero-order valence-electron chi connectivity index (χ0n) is 11.1. The van der Waals surface area contributed by atoms with E-state index in [4.69, 9.17) is 0 Å². The highest BCUT2D eigenvalue weighted by Crippen LogP contribution is 2.30. The van der Waals surface area contributed by atoms with E-state index in [2.05, 4.69) is 10.6 Å². The Morgan fingerprint density at radius 1 is 1.37 bits per heavy atom. The number of likely N-dealkylation sites (tertiary alicyclic amines) is 1. The number of hydrogen-bond acceptors (Lipinski definition) is 3. The molecule has 0 bridgehead atoms. The average molecular weight is 288 g/mol. The second-order valence-corrected chi connectivity index (χ2v) is 5.74. The standard InChI is InChI=1S/C13H21N3O2.ClH/c17-12(6-9-2-1-5-14-9)15-10-7-13(18)16(8-10)11-3-4-11;/h9-11,14H,1-8H2,(H,15,17);1H. The Balaban J connectivity index is 0.00000133. The number of hydrogen-bond donors (Lipinski definition) is 2. The SMILES string of the molecule is Cl.O=C(CC1CCCN1)NC1CC(=O)N(C2CC2)C1. The molecule has 3 fully saturated rings. The van der Waals surface area contributed by atoms with Crippen LogP contribution in [0, 0.1) is 0 Å². The van der Waals surface area contributed by atoms with Crippen LogP contribution in [-0.2, 0) is 9.59 Å². The van der Waals surface area contributed by atoms with Crippen LogP contribution in [0.4, 0.5) is 0 Å². The lowest BCUT2D eigenvalue weighted by Crippen LogP contribution is -2.40. The van der Waals surface area contributed by atoms with Crippen molar-refractivity contribution in [3.8, 4) is 0 Å². The van der Waals surface area contributed by atoms with Crippen LogP contribution in [0.25, 0.3) is 0 Å². The zero-order chi connectivity index (χ0) is 12.5. The third kappa shape index (κ3) is 3.60. The molecule has 1 saturated carbocycles. The molecule has 0 radical (unpaired) electrons. The van der Waals surface area contributed by atoms with E-state index < -0.39 is 0 Å². The first-order chi connectivity index (χ1) is 8.72. The number of amides is 2. The molecule has 1 aliphatic carbocycles. The lowest BCUT2D eigenvalue weighted by atomic mass is 10.1. The summed E-state index contributed by atoms with van der Waals surface area (Å²) >= 11 is 0. The fourth-order valence-corrected chi connectivity index (χ4v) is 3.01. The Kier molecular flexibility index (Phi) is 4.68. The summed E-state index contributed by atoms with van der Waals surface area (Å²) in [6.45, 7) is 1.74. The van der Waals surface area contributed by atoms with Gasteiger partial charge in [-0.1, -0.05) is 0 Å². The second kappa shape index (κ2) is 6.09. The molecule has 2 amide bonds. The molecular formula is C13H22ClN3O2. The van der Waals surface area contributed by atoms with Crippen molar-refractivity contribution in [2.75, 3.05) is 13.1 Å². The van der Waals surface area contributed by atoms with Crippen LogP contribution >= 0.6 is 12.4 Å². The van der Waals surface area contributed by atoms with Crippen LogP contribution < -0.4 is 10.6 Å². The predicted molar refractivity (Wildman–Crippen MR) is 74.2 cm³/mol. The van der Waals surface area contributed by atoms with Crippen LogP contribution in [0.15, 0.2) is 0 Å². The van der Waals surface area contributed by atoms with Gasteiger partial charge in [-0.3, -0.25) is 9.59 Å². The van der Waals surface area contributed by atoms with E-state index in [1.54, 1.807) is 0 Å². The van der Waals surface area contributed by atoms with E-state index in [0.29, 0.717) is 31.5 Å². The summed E-state index contributed by atoms with van der Waals surface area (Å²) in [5.74, 6) is 0.298. The van der Waals surface area contributed by atoms with E-state index in [-0.39, 0.29) is 30.3 Å². The largest absolute Gasteiger partial charge is 0.351 e. The first kappa shape index (κ1) is 14.6. The van der Waals surface area contributed by atoms with E-state index >= 15 is 0 Å². The molecule has 2 atom stereocenters. The summed E-state index contributed by atoms with van der Waals surface area (Å²) in [5.41, 5.74) is 0. The molecule has 19 heavy (non-hydrogen) atoms. The molecule has 3 rings (SSSR count). The Labute approximate surface area is 119 Å². The molecule has 2 aliphatic heterocycles. The van der Waals surface area contributed by atoms with Crippen LogP contribution in [-0.4, -0.2) is 47.9 Å². The highest BCUT2D eigenvalue weighted by Gasteiger charge is 2.39. The molecule has 2 saturated heterocycles. The molecular weight excluding hydrogens is 266 g/mol. The molecule has 0 aromatic rings. The van der Waals surface area contributed by atoms with E-state index in [1.807, 2.05) is 4.90 Å². The molecule has 0 spiro atoms. The quantitative estimate of drug-likeness (QED) is 0.788. The van der Waals surface area contributed by atoms with Crippen molar-refractivity contribution >= 4 is 24.2 Å². The van der Waals surface area contributed by atoms with Crippen LogP contribution in [0.3, 0.4) is 0 Å². The van der Waals surface area contributed by atoms with Gasteiger partial charge in [-0.2, -0.15) is 0 Å². The van der Waals surface area contributed by atoms with Gasteiger partial charge >= 0.3 is 0 Å². The predicted octanol–water partition coefficient (Wildman–Crippen LogP) is 0.430. The fourth-order valence-electron chi connectivity index (χ4n) is 3.01. The lowest BCUT2D eigenvalue weighted by Gasteiger charge is -2.17. The second-order valence-electron chi connectivity index (χ2n) is 5.74. The minimum absolute atomic E-state index is 0. The van der Waals surface area contributed by atoms with Crippen molar-refractivity contribution in [2.45, 2.75) is 56.7 Å². The highest BCUT2D eigenvalue weighted by molar-refractivity contribution is 5.85. The van der Waals surface area contributed by atoms with Crippen molar-refractivity contribution in [1.82, 2.24) is 15.5 Å². The number of nitrogens with one attached hydrogen (secondary N) is 2. The highest BCUT2D eigenvalue weighted by atomic mass is 35.5. The van der Waals surface area contributed by atoms with Gasteiger partial charge in [0.25, 0.3) is 0 Å². The van der Waals surface area contributed by atoms with Gasteiger partial charge in [-0.15, -0.1) is 12.4 Å². The summed E-state index contributed by atoms with van der Waals surface area (Å²) in [4.78, 5) is 25.6. The topological polar surface area (TPSA) is 61.4 Å². The monoisotopic (exact) mass is 287 g/mol. The molecule has 0 aromatic carbocycles. The van der Waals surface area contributed by atoms with Crippen molar-refractivity contribution in [3.63, 3.8) is 0 Å². The molecule has 5 nitrogen and oxygen atoms in total. The maximum atomic E-state index is 11.9. The first-order valence-corrected chi connectivity index (χ1v) is 7.04. The Bertz CT molecular complexity index is 354. The van der Waals surface area contributed by atoms with Gasteiger partial charge in [0.2, 0.25) is 11.8 Å². The molecule has 6 heteroatoms. The van der Waals surface area contributed by atoms with E-state index in [9.17, 15) is 9.59 Å². The van der Waals surface area contributed by atoms with Gasteiger partial charge in [0.1, 0.15) is 0 Å². The minimum atomic E-state index is 0. The number of rotatable bonds is 4. The van der Waals surface area contributed by atoms with E-state index in [1.165, 1.54) is 0 Å². The smallest absolute Gasteiger partial charge is 0.225 e. The van der Waals surface area contributed by atoms with Crippen molar-refractivity contribution in [2.24, 2.45) is 0 Å². The lowest BCUT2D eigenvalue weighted by molar-refractivity contribution is -0.128. The Morgan fingerprint density at radius 3 is 2.79 bits per heavy atom. The van der Waals surface area contributed by atoms with Gasteiger partial charge in [0.15, 0.2) is 0 Å². The maximum Gasteiger partial charge on any atom is 0.225 e. The number of nitrogens with zero attached hydrogens (tertiary/aromatic N) is 1. The molecule has 3 aliphatic rings. The van der Waals surface area contributed by atoms with Gasteiger partial charge in [0, 0.05) is 31.5 Å². The summed E-state index contributed by atoms with van der Waals surface area (Å²) in [7, 11) is 0. The number of carbonyl (C=O) groups excluding carboxylic acids is 2. The number of halogens is 1. The van der Waals surface area contributed by atoms with Crippen molar-refractivity contribution in [1.29, 1.82) is 0 Å². The molecule has 0 aromatic heterocycles. The summed E-state index contributed by atoms with van der Waals surface area (Å²) in [5, 5.41) is 6.33. The van der Waals surface area contributed by atoms with E-state index in [0.717, 1.165) is 32.2 Å².